The number of hydrogen-bond acceptors (Lipinski definition) is 9. The number of nitrogens with two attached hydrogens (primary N) is 1. The van der Waals surface area contributed by atoms with Crippen LogP contribution < -0.4 is 19.9 Å². The number of benzene rings is 2. The van der Waals surface area contributed by atoms with Crippen molar-refractivity contribution in [3.05, 3.63) is 59.9 Å². The van der Waals surface area contributed by atoms with Gasteiger partial charge in [-0.05, 0) is 65.6 Å². The fourth-order valence-corrected chi connectivity index (χ4v) is 5.28. The van der Waals surface area contributed by atoms with Gasteiger partial charge in [-0.25, -0.2) is 4.98 Å². The summed E-state index contributed by atoms with van der Waals surface area (Å²) in [4.78, 5) is 14.0. The smallest absolute Gasteiger partial charge is 0.319 e. The van der Waals surface area contributed by atoms with E-state index in [9.17, 15) is 5.11 Å². The van der Waals surface area contributed by atoms with Gasteiger partial charge in [-0.2, -0.15) is 4.98 Å². The van der Waals surface area contributed by atoms with Crippen LogP contribution in [0.1, 0.15) is 42.7 Å². The van der Waals surface area contributed by atoms with E-state index in [1.165, 1.54) is 38.4 Å². The second-order valence-corrected chi connectivity index (χ2v) is 9.53. The number of anilines is 2. The van der Waals surface area contributed by atoms with Crippen molar-refractivity contribution in [3.8, 4) is 23.0 Å². The van der Waals surface area contributed by atoms with Crippen molar-refractivity contribution in [2.75, 3.05) is 19.5 Å². The Balaban J connectivity index is 1.56. The number of methoxy groups -OCH3 is 2. The molecule has 1 aliphatic carbocycles. The molecule has 4 N–H and O–H groups in total. The van der Waals surface area contributed by atoms with Gasteiger partial charge in [-0.1, -0.05) is 31.0 Å². The molecule has 0 unspecified atom stereocenters. The second-order valence-electron chi connectivity index (χ2n) is 8.85. The molecular weight excluding hydrogens is 474 g/mol. The average molecular weight is 504 g/mol. The number of hydrogen-bond donors (Lipinski definition) is 3. The van der Waals surface area contributed by atoms with Crippen LogP contribution in [0.25, 0.3) is 22.0 Å². The standard InChI is InChI=1S/C27H29N5O3S/c1-34-26-22(13-30-27(32-26)35-2)18-7-8-21-23(12-18)29-14-24(36-28)25(21)31-20-10-16(15-33)9-19(11-20)17-5-3-4-6-17/h7-14,17,33H,3-6,15,28H2,1-2H3,(H,29,31). The molecule has 4 aromatic rings. The Morgan fingerprint density at radius 1 is 1.06 bits per heavy atom. The predicted molar refractivity (Wildman–Crippen MR) is 143 cm³/mol. The van der Waals surface area contributed by atoms with Crippen LogP contribution in [0.3, 0.4) is 0 Å². The van der Waals surface area contributed by atoms with Gasteiger partial charge >= 0.3 is 6.01 Å². The van der Waals surface area contributed by atoms with E-state index >= 15 is 0 Å². The lowest BCUT2D eigenvalue weighted by molar-refractivity contribution is 0.281. The van der Waals surface area contributed by atoms with Crippen LogP contribution in [0.2, 0.25) is 0 Å². The van der Waals surface area contributed by atoms with Gasteiger partial charge in [0.2, 0.25) is 5.88 Å². The van der Waals surface area contributed by atoms with E-state index in [1.54, 1.807) is 19.5 Å². The van der Waals surface area contributed by atoms with Crippen molar-refractivity contribution in [2.24, 2.45) is 5.14 Å². The zero-order chi connectivity index (χ0) is 25.1. The summed E-state index contributed by atoms with van der Waals surface area (Å²) in [6.07, 6.45) is 8.35. The van der Waals surface area contributed by atoms with Crippen molar-refractivity contribution in [3.63, 3.8) is 0 Å². The SMILES string of the molecule is COc1ncc(-c2ccc3c(Nc4cc(CO)cc(C5CCCC5)c4)c(SN)cnc3c2)c(OC)n1. The molecule has 2 aromatic carbocycles. The Bertz CT molecular complexity index is 1390. The molecular formula is C27H29N5O3S. The van der Waals surface area contributed by atoms with Gasteiger partial charge in [0.15, 0.2) is 0 Å². The topological polar surface area (TPSA) is 115 Å². The zero-order valence-electron chi connectivity index (χ0n) is 20.3. The van der Waals surface area contributed by atoms with Crippen LogP contribution in [-0.2, 0) is 6.61 Å². The van der Waals surface area contributed by atoms with Gasteiger partial charge < -0.3 is 19.9 Å². The molecule has 8 nitrogen and oxygen atoms in total. The maximum absolute atomic E-state index is 9.89. The summed E-state index contributed by atoms with van der Waals surface area (Å²) in [6, 6.07) is 12.5. The van der Waals surface area contributed by atoms with Crippen molar-refractivity contribution in [1.29, 1.82) is 0 Å². The van der Waals surface area contributed by atoms with Crippen LogP contribution in [0.15, 0.2) is 53.7 Å². The van der Waals surface area contributed by atoms with E-state index in [1.807, 2.05) is 24.3 Å². The van der Waals surface area contributed by atoms with Gasteiger partial charge in [-0.15, -0.1) is 0 Å². The van der Waals surface area contributed by atoms with Crippen LogP contribution in [0, 0.1) is 0 Å². The third-order valence-corrected chi connectivity index (χ3v) is 7.24. The molecule has 1 fully saturated rings. The van der Waals surface area contributed by atoms with E-state index in [4.69, 9.17) is 14.6 Å². The average Bonchev–Trinajstić information content (AvgIpc) is 3.47. The number of pyridine rings is 1. The fourth-order valence-electron chi connectivity index (χ4n) is 4.89. The van der Waals surface area contributed by atoms with Gasteiger partial charge in [0.25, 0.3) is 0 Å². The van der Waals surface area contributed by atoms with Gasteiger partial charge in [0, 0.05) is 23.5 Å². The molecule has 0 atom stereocenters. The molecule has 2 heterocycles. The molecule has 9 heteroatoms. The fraction of sp³-hybridized carbons (Fsp3) is 0.296. The summed E-state index contributed by atoms with van der Waals surface area (Å²) >= 11 is 1.15. The molecule has 0 saturated heterocycles. The minimum absolute atomic E-state index is 0.0000456. The number of nitrogens with zero attached hydrogens (tertiary/aromatic N) is 3. The van der Waals surface area contributed by atoms with Crippen molar-refractivity contribution in [2.45, 2.75) is 43.1 Å². The van der Waals surface area contributed by atoms with E-state index < -0.39 is 0 Å². The summed E-state index contributed by atoms with van der Waals surface area (Å²) < 4.78 is 10.6. The minimum atomic E-state index is -0.0000456. The minimum Gasteiger partial charge on any atom is -0.480 e. The number of aromatic nitrogens is 3. The molecule has 1 saturated carbocycles. The first-order chi connectivity index (χ1) is 17.6. The predicted octanol–water partition coefficient (Wildman–Crippen LogP) is 5.57. The maximum Gasteiger partial charge on any atom is 0.319 e. The molecule has 0 amide bonds. The first-order valence-electron chi connectivity index (χ1n) is 11.9. The Labute approximate surface area is 214 Å². The summed E-state index contributed by atoms with van der Waals surface area (Å²) in [5.74, 6) is 0.966. The van der Waals surface area contributed by atoms with Gasteiger partial charge in [0.05, 0.1) is 42.5 Å². The first-order valence-corrected chi connectivity index (χ1v) is 12.8. The molecule has 0 radical (unpaired) electrons. The number of aliphatic hydroxyl groups is 1. The Hall–Kier alpha value is -3.40. The second kappa shape index (κ2) is 10.7. The van der Waals surface area contributed by atoms with Gasteiger partial charge in [-0.3, -0.25) is 10.1 Å². The van der Waals surface area contributed by atoms with E-state index in [0.29, 0.717) is 11.8 Å². The highest BCUT2D eigenvalue weighted by Crippen LogP contribution is 2.39. The van der Waals surface area contributed by atoms with Crippen LogP contribution >= 0.6 is 11.9 Å². The highest BCUT2D eigenvalue weighted by molar-refractivity contribution is 7.97. The lowest BCUT2D eigenvalue weighted by atomic mass is 9.95. The Morgan fingerprint density at radius 2 is 1.89 bits per heavy atom. The number of nitrogens with one attached hydrogen (secondary N) is 1. The number of rotatable bonds is 8. The molecule has 0 spiro atoms. The first kappa shape index (κ1) is 24.3. The third kappa shape index (κ3) is 4.82. The summed E-state index contributed by atoms with van der Waals surface area (Å²) in [6.45, 7) is -0.0000456. The van der Waals surface area contributed by atoms with Crippen LogP contribution in [0.5, 0.6) is 11.9 Å². The van der Waals surface area contributed by atoms with Gasteiger partial charge in [0.1, 0.15) is 0 Å². The van der Waals surface area contributed by atoms with Crippen LogP contribution in [-0.4, -0.2) is 34.3 Å². The van der Waals surface area contributed by atoms with E-state index in [2.05, 4.69) is 32.4 Å². The molecule has 36 heavy (non-hydrogen) atoms. The quantitative estimate of drug-likeness (QED) is 0.265. The Morgan fingerprint density at radius 3 is 2.61 bits per heavy atom. The van der Waals surface area contributed by atoms with Crippen molar-refractivity contribution < 1.29 is 14.6 Å². The number of ether oxygens (including phenoxy) is 2. The van der Waals surface area contributed by atoms with Crippen molar-refractivity contribution in [1.82, 2.24) is 15.0 Å². The largest absolute Gasteiger partial charge is 0.480 e. The molecule has 5 rings (SSSR count). The normalized spacial score (nSPS) is 13.8. The third-order valence-electron chi connectivity index (χ3n) is 6.67. The lowest BCUT2D eigenvalue weighted by Gasteiger charge is -2.18. The number of fused-ring (bicyclic) bond motifs is 1. The van der Waals surface area contributed by atoms with E-state index in [-0.39, 0.29) is 12.6 Å². The maximum atomic E-state index is 9.89. The highest BCUT2D eigenvalue weighted by atomic mass is 32.2. The van der Waals surface area contributed by atoms with E-state index in [0.717, 1.165) is 55.8 Å². The molecule has 1 aliphatic rings. The molecule has 186 valence electrons. The summed E-state index contributed by atoms with van der Waals surface area (Å²) in [5.41, 5.74) is 6.39. The molecule has 0 aliphatic heterocycles. The summed E-state index contributed by atoms with van der Waals surface area (Å²) in [7, 11) is 3.08. The van der Waals surface area contributed by atoms with Crippen molar-refractivity contribution >= 4 is 34.2 Å². The lowest BCUT2D eigenvalue weighted by Crippen LogP contribution is -2.01. The summed E-state index contributed by atoms with van der Waals surface area (Å²) in [5, 5.41) is 20.4. The molecule has 0 bridgehead atoms. The molecule has 2 aromatic heterocycles. The Kier molecular flexibility index (Phi) is 7.22. The monoisotopic (exact) mass is 503 g/mol. The highest BCUT2D eigenvalue weighted by Gasteiger charge is 2.19. The zero-order valence-corrected chi connectivity index (χ0v) is 21.1. The number of aliphatic hydroxyl groups excluding tert-OH is 1. The van der Waals surface area contributed by atoms with Crippen LogP contribution in [0.4, 0.5) is 11.4 Å².